The second-order valence-electron chi connectivity index (χ2n) is 3.46. The summed E-state index contributed by atoms with van der Waals surface area (Å²) in [4.78, 5) is 28.2. The maximum atomic E-state index is 11.5. The van der Waals surface area contributed by atoms with Crippen LogP contribution in [0.4, 0.5) is 5.69 Å². The van der Waals surface area contributed by atoms with Crippen molar-refractivity contribution >= 4 is 33.3 Å². The summed E-state index contributed by atoms with van der Waals surface area (Å²) < 4.78 is 0.602. The molecule has 0 bridgehead atoms. The number of anilines is 1. The number of aryl methyl sites for hydroxylation is 1. The molecule has 5 heteroatoms. The minimum Gasteiger partial charge on any atom is -0.302 e. The van der Waals surface area contributed by atoms with Gasteiger partial charge in [-0.15, -0.1) is 0 Å². The first-order valence-electron chi connectivity index (χ1n) is 4.53. The second-order valence-corrected chi connectivity index (χ2v) is 4.21. The SMILES string of the molecule is Cc1ccnc(Br)c1N1CC(=O)CC1=O. The number of amides is 1. The van der Waals surface area contributed by atoms with Gasteiger partial charge in [0.25, 0.3) is 0 Å². The number of carbonyl (C=O) groups is 2. The Bertz CT molecular complexity index is 425. The van der Waals surface area contributed by atoms with Gasteiger partial charge in [0.1, 0.15) is 4.60 Å². The molecule has 0 radical (unpaired) electrons. The summed E-state index contributed by atoms with van der Waals surface area (Å²) in [7, 11) is 0. The third-order valence-corrected chi connectivity index (χ3v) is 2.92. The van der Waals surface area contributed by atoms with Gasteiger partial charge < -0.3 is 4.90 Å². The molecule has 1 aliphatic heterocycles. The van der Waals surface area contributed by atoms with Crippen LogP contribution in [0.1, 0.15) is 12.0 Å². The predicted octanol–water partition coefficient (Wildman–Crippen LogP) is 1.46. The maximum Gasteiger partial charge on any atom is 0.235 e. The molecule has 0 N–H and O–H groups in total. The summed E-state index contributed by atoms with van der Waals surface area (Å²) in [5.74, 6) is -0.202. The third-order valence-electron chi connectivity index (χ3n) is 2.34. The van der Waals surface area contributed by atoms with Crippen LogP contribution < -0.4 is 4.90 Å². The minimum atomic E-state index is -0.156. The van der Waals surface area contributed by atoms with Crippen molar-refractivity contribution in [2.24, 2.45) is 0 Å². The molecule has 2 rings (SSSR count). The van der Waals surface area contributed by atoms with Crippen LogP contribution in [-0.4, -0.2) is 23.2 Å². The van der Waals surface area contributed by atoms with Crippen LogP contribution in [0.15, 0.2) is 16.9 Å². The number of nitrogens with zero attached hydrogens (tertiary/aromatic N) is 2. The number of ketones is 1. The van der Waals surface area contributed by atoms with E-state index < -0.39 is 0 Å². The van der Waals surface area contributed by atoms with E-state index in [0.717, 1.165) is 5.56 Å². The molecule has 1 aromatic rings. The highest BCUT2D eigenvalue weighted by atomic mass is 79.9. The summed E-state index contributed by atoms with van der Waals surface area (Å²) in [5.41, 5.74) is 1.63. The van der Waals surface area contributed by atoms with E-state index in [1.165, 1.54) is 4.90 Å². The molecule has 4 nitrogen and oxygen atoms in total. The van der Waals surface area contributed by atoms with Gasteiger partial charge in [0.2, 0.25) is 5.91 Å². The zero-order valence-electron chi connectivity index (χ0n) is 8.16. The number of hydrogen-bond donors (Lipinski definition) is 0. The van der Waals surface area contributed by atoms with Gasteiger partial charge in [0.15, 0.2) is 5.78 Å². The van der Waals surface area contributed by atoms with E-state index in [0.29, 0.717) is 10.3 Å². The molecule has 1 saturated heterocycles. The van der Waals surface area contributed by atoms with E-state index in [9.17, 15) is 9.59 Å². The number of rotatable bonds is 1. The van der Waals surface area contributed by atoms with Crippen LogP contribution in [0.3, 0.4) is 0 Å². The molecular formula is C10H9BrN2O2. The molecule has 1 aromatic heterocycles. The molecule has 0 aromatic carbocycles. The highest BCUT2D eigenvalue weighted by molar-refractivity contribution is 9.10. The molecule has 0 atom stereocenters. The molecule has 0 unspecified atom stereocenters. The summed E-state index contributed by atoms with van der Waals surface area (Å²) in [6.07, 6.45) is 1.66. The number of aromatic nitrogens is 1. The van der Waals surface area contributed by atoms with Gasteiger partial charge in [-0.1, -0.05) is 0 Å². The van der Waals surface area contributed by atoms with Crippen molar-refractivity contribution in [3.05, 3.63) is 22.4 Å². The molecule has 1 amide bonds. The third kappa shape index (κ3) is 1.79. The topological polar surface area (TPSA) is 50.3 Å². The van der Waals surface area contributed by atoms with Crippen molar-refractivity contribution in [1.29, 1.82) is 0 Å². The lowest BCUT2D eigenvalue weighted by Gasteiger charge is -2.18. The van der Waals surface area contributed by atoms with E-state index in [2.05, 4.69) is 20.9 Å². The number of Topliss-reactive ketones (excluding diaryl/α,β-unsaturated/α-hetero) is 1. The summed E-state index contributed by atoms with van der Waals surface area (Å²) in [6, 6.07) is 1.82. The van der Waals surface area contributed by atoms with Crippen LogP contribution >= 0.6 is 15.9 Å². The summed E-state index contributed by atoms with van der Waals surface area (Å²) >= 11 is 3.29. The Hall–Kier alpha value is -1.23. The van der Waals surface area contributed by atoms with E-state index in [4.69, 9.17) is 0 Å². The Balaban J connectivity index is 2.46. The smallest absolute Gasteiger partial charge is 0.235 e. The van der Waals surface area contributed by atoms with Gasteiger partial charge in [-0.3, -0.25) is 9.59 Å². The molecule has 78 valence electrons. The molecule has 15 heavy (non-hydrogen) atoms. The van der Waals surface area contributed by atoms with Gasteiger partial charge in [0, 0.05) is 6.20 Å². The van der Waals surface area contributed by atoms with Gasteiger partial charge in [0.05, 0.1) is 18.7 Å². The lowest BCUT2D eigenvalue weighted by molar-refractivity contribution is -0.121. The molecule has 1 fully saturated rings. The molecule has 0 spiro atoms. The first-order valence-corrected chi connectivity index (χ1v) is 5.32. The molecule has 1 aliphatic rings. The monoisotopic (exact) mass is 268 g/mol. The van der Waals surface area contributed by atoms with E-state index in [-0.39, 0.29) is 24.7 Å². The number of hydrogen-bond acceptors (Lipinski definition) is 3. The molecule has 2 heterocycles. The van der Waals surface area contributed by atoms with E-state index >= 15 is 0 Å². The fourth-order valence-corrected chi connectivity index (χ4v) is 2.27. The largest absolute Gasteiger partial charge is 0.302 e. The van der Waals surface area contributed by atoms with Crippen molar-refractivity contribution < 1.29 is 9.59 Å². The second kappa shape index (κ2) is 3.73. The van der Waals surface area contributed by atoms with Crippen LogP contribution in [-0.2, 0) is 9.59 Å². The minimum absolute atomic E-state index is 0.000768. The van der Waals surface area contributed by atoms with E-state index in [1.54, 1.807) is 6.20 Å². The van der Waals surface area contributed by atoms with Crippen molar-refractivity contribution in [1.82, 2.24) is 4.98 Å². The number of carbonyl (C=O) groups excluding carboxylic acids is 2. The first kappa shape index (κ1) is 10.3. The lowest BCUT2D eigenvalue weighted by Crippen LogP contribution is -2.26. The van der Waals surface area contributed by atoms with Gasteiger partial charge in [-0.05, 0) is 34.5 Å². The summed E-state index contributed by atoms with van der Waals surface area (Å²) in [6.45, 7) is 2.04. The van der Waals surface area contributed by atoms with Crippen molar-refractivity contribution in [3.8, 4) is 0 Å². The van der Waals surface area contributed by atoms with Crippen molar-refractivity contribution in [2.45, 2.75) is 13.3 Å². The van der Waals surface area contributed by atoms with Gasteiger partial charge >= 0.3 is 0 Å². The highest BCUT2D eigenvalue weighted by Gasteiger charge is 2.30. The van der Waals surface area contributed by atoms with E-state index in [1.807, 2.05) is 13.0 Å². The Morgan fingerprint density at radius 2 is 2.20 bits per heavy atom. The van der Waals surface area contributed by atoms with Crippen LogP contribution in [0.5, 0.6) is 0 Å². The van der Waals surface area contributed by atoms with Crippen LogP contribution in [0.2, 0.25) is 0 Å². The average molecular weight is 269 g/mol. The Morgan fingerprint density at radius 3 is 2.73 bits per heavy atom. The van der Waals surface area contributed by atoms with Crippen LogP contribution in [0.25, 0.3) is 0 Å². The normalized spacial score (nSPS) is 16.3. The molecule has 0 saturated carbocycles. The molecule has 0 aliphatic carbocycles. The maximum absolute atomic E-state index is 11.5. The van der Waals surface area contributed by atoms with Crippen molar-refractivity contribution in [3.63, 3.8) is 0 Å². The molecular weight excluding hydrogens is 260 g/mol. The standard InChI is InChI=1S/C10H9BrN2O2/c1-6-2-3-12-10(11)9(6)13-5-7(14)4-8(13)15/h2-3H,4-5H2,1H3. The zero-order valence-corrected chi connectivity index (χ0v) is 9.74. The highest BCUT2D eigenvalue weighted by Crippen LogP contribution is 2.30. The fraction of sp³-hybridized carbons (Fsp3) is 0.300. The Kier molecular flexibility index (Phi) is 2.56. The van der Waals surface area contributed by atoms with Crippen molar-refractivity contribution in [2.75, 3.05) is 11.4 Å². The van der Waals surface area contributed by atoms with Crippen LogP contribution in [0, 0.1) is 6.92 Å². The Morgan fingerprint density at radius 1 is 1.47 bits per heavy atom. The summed E-state index contributed by atoms with van der Waals surface area (Å²) in [5, 5.41) is 0. The lowest BCUT2D eigenvalue weighted by atomic mass is 10.2. The zero-order chi connectivity index (χ0) is 11.0. The first-order chi connectivity index (χ1) is 7.09. The number of halogens is 1. The fourth-order valence-electron chi connectivity index (χ4n) is 1.63. The van der Waals surface area contributed by atoms with Gasteiger partial charge in [-0.2, -0.15) is 0 Å². The number of pyridine rings is 1. The predicted molar refractivity (Wildman–Crippen MR) is 58.7 cm³/mol. The quantitative estimate of drug-likeness (QED) is 0.573. The average Bonchev–Trinajstić information content (AvgIpc) is 2.45. The van der Waals surface area contributed by atoms with Gasteiger partial charge in [-0.25, -0.2) is 4.98 Å². The Labute approximate surface area is 95.4 Å².